The van der Waals surface area contributed by atoms with E-state index in [2.05, 4.69) is 0 Å². The van der Waals surface area contributed by atoms with Gasteiger partial charge in [-0.05, 0) is 46.1 Å². The second-order valence-electron chi connectivity index (χ2n) is 9.15. The van der Waals surface area contributed by atoms with Gasteiger partial charge in [-0.1, -0.05) is 29.8 Å². The summed E-state index contributed by atoms with van der Waals surface area (Å²) in [6.07, 6.45) is 0.669. The van der Waals surface area contributed by atoms with Crippen molar-refractivity contribution in [3.8, 4) is 0 Å². The van der Waals surface area contributed by atoms with E-state index in [1.165, 1.54) is 4.90 Å². The maximum Gasteiger partial charge on any atom is 0.409 e. The van der Waals surface area contributed by atoms with Gasteiger partial charge < -0.3 is 19.3 Å². The van der Waals surface area contributed by atoms with Crippen LogP contribution < -0.4 is 0 Å². The van der Waals surface area contributed by atoms with Crippen LogP contribution in [0.3, 0.4) is 0 Å². The predicted octanol–water partition coefficient (Wildman–Crippen LogP) is 2.81. The maximum absolute atomic E-state index is 13.8. The Morgan fingerprint density at radius 1 is 1.03 bits per heavy atom. The monoisotopic (exact) mass is 455 g/mol. The topological polar surface area (TPSA) is 79.4 Å². The molecule has 33 heavy (non-hydrogen) atoms. The minimum absolute atomic E-state index is 0.0368. The molecule has 2 saturated heterocycles. The molecule has 4 rings (SSSR count). The van der Waals surface area contributed by atoms with Crippen LogP contribution in [0.15, 0.2) is 30.0 Å². The van der Waals surface area contributed by atoms with Crippen molar-refractivity contribution in [2.45, 2.75) is 58.8 Å². The summed E-state index contributed by atoms with van der Waals surface area (Å²) in [5, 5.41) is 0. The molecule has 178 valence electrons. The highest BCUT2D eigenvalue weighted by molar-refractivity contribution is 6.35. The molecular formula is C25H33N3O5. The molecule has 0 aromatic heterocycles. The highest BCUT2D eigenvalue weighted by Crippen LogP contribution is 2.36. The van der Waals surface area contributed by atoms with Crippen molar-refractivity contribution >= 4 is 23.5 Å². The summed E-state index contributed by atoms with van der Waals surface area (Å²) in [7, 11) is 0. The van der Waals surface area contributed by atoms with Gasteiger partial charge in [0, 0.05) is 32.2 Å². The molecule has 3 aliphatic rings. The number of amides is 3. The lowest BCUT2D eigenvalue weighted by Gasteiger charge is -2.38. The number of morpholine rings is 1. The van der Waals surface area contributed by atoms with Gasteiger partial charge in [0.1, 0.15) is 5.70 Å². The summed E-state index contributed by atoms with van der Waals surface area (Å²) in [5.41, 5.74) is 2.79. The summed E-state index contributed by atoms with van der Waals surface area (Å²) in [6.45, 7) is 10.1. The number of carbonyl (C=O) groups is 3. The Morgan fingerprint density at radius 3 is 2.21 bits per heavy atom. The van der Waals surface area contributed by atoms with Crippen LogP contribution in [0.2, 0.25) is 0 Å². The second-order valence-corrected chi connectivity index (χ2v) is 9.15. The lowest BCUT2D eigenvalue weighted by Crippen LogP contribution is -2.51. The first-order valence-corrected chi connectivity index (χ1v) is 11.8. The second kappa shape index (κ2) is 9.55. The van der Waals surface area contributed by atoms with Gasteiger partial charge in [0.15, 0.2) is 0 Å². The first kappa shape index (κ1) is 23.3. The number of benzene rings is 1. The van der Waals surface area contributed by atoms with Gasteiger partial charge in [0.25, 0.3) is 11.8 Å². The molecule has 2 fully saturated rings. The smallest absolute Gasteiger partial charge is 0.409 e. The van der Waals surface area contributed by atoms with E-state index in [1.54, 1.807) is 11.8 Å². The van der Waals surface area contributed by atoms with Gasteiger partial charge in [0.05, 0.1) is 24.4 Å². The van der Waals surface area contributed by atoms with E-state index < -0.39 is 0 Å². The van der Waals surface area contributed by atoms with Crippen molar-refractivity contribution in [3.63, 3.8) is 0 Å². The Hall–Kier alpha value is -2.87. The van der Waals surface area contributed by atoms with Crippen LogP contribution in [-0.2, 0) is 19.1 Å². The van der Waals surface area contributed by atoms with Crippen LogP contribution in [0.5, 0.6) is 0 Å². The number of carbonyl (C=O) groups excluding carboxylic acids is 3. The van der Waals surface area contributed by atoms with Gasteiger partial charge in [-0.25, -0.2) is 4.79 Å². The minimum atomic E-state index is -0.342. The number of piperidine rings is 1. The molecular weight excluding hydrogens is 422 g/mol. The van der Waals surface area contributed by atoms with Gasteiger partial charge >= 0.3 is 6.09 Å². The highest BCUT2D eigenvalue weighted by atomic mass is 16.6. The standard InChI is InChI=1S/C25H33N3O5/c1-5-32-25(31)26-12-10-20(11-13-26)28-23(29)21(19-8-6-16(2)7-9-19)22(24(28)30)27-14-17(3)33-18(4)15-27/h6-9,17-18,20H,5,10-15H2,1-4H3. The summed E-state index contributed by atoms with van der Waals surface area (Å²) < 4.78 is 11.0. The Labute approximate surface area is 195 Å². The van der Waals surface area contributed by atoms with E-state index in [-0.39, 0.29) is 36.2 Å². The van der Waals surface area contributed by atoms with Crippen molar-refractivity contribution in [1.82, 2.24) is 14.7 Å². The molecule has 2 atom stereocenters. The SMILES string of the molecule is CCOC(=O)N1CCC(N2C(=O)C(c3ccc(C)cc3)=C(N3CC(C)OC(C)C3)C2=O)CC1. The Bertz CT molecular complexity index is 939. The molecule has 0 radical (unpaired) electrons. The van der Waals surface area contributed by atoms with Crippen molar-refractivity contribution < 1.29 is 23.9 Å². The van der Waals surface area contributed by atoms with Gasteiger partial charge in [-0.3, -0.25) is 14.5 Å². The van der Waals surface area contributed by atoms with Crippen molar-refractivity contribution in [2.24, 2.45) is 0 Å². The van der Waals surface area contributed by atoms with Gasteiger partial charge in [-0.15, -0.1) is 0 Å². The number of rotatable bonds is 4. The molecule has 2 unspecified atom stereocenters. The lowest BCUT2D eigenvalue weighted by atomic mass is 10.0. The molecule has 3 amide bonds. The fourth-order valence-electron chi connectivity index (χ4n) is 5.02. The van der Waals surface area contributed by atoms with Crippen LogP contribution in [0.4, 0.5) is 4.79 Å². The van der Waals surface area contributed by atoms with Crippen LogP contribution >= 0.6 is 0 Å². The highest BCUT2D eigenvalue weighted by Gasteiger charge is 2.46. The van der Waals surface area contributed by atoms with E-state index in [1.807, 2.05) is 49.9 Å². The molecule has 0 aliphatic carbocycles. The molecule has 8 nitrogen and oxygen atoms in total. The summed E-state index contributed by atoms with van der Waals surface area (Å²) in [4.78, 5) is 44.6. The molecule has 3 aliphatic heterocycles. The number of ether oxygens (including phenoxy) is 2. The average Bonchev–Trinajstić information content (AvgIpc) is 3.04. The van der Waals surface area contributed by atoms with Crippen molar-refractivity contribution in [1.29, 1.82) is 0 Å². The van der Waals surface area contributed by atoms with E-state index in [4.69, 9.17) is 9.47 Å². The number of nitrogens with zero attached hydrogens (tertiary/aromatic N) is 3. The van der Waals surface area contributed by atoms with E-state index in [0.29, 0.717) is 56.9 Å². The number of likely N-dealkylation sites (tertiary alicyclic amines) is 1. The zero-order valence-electron chi connectivity index (χ0n) is 19.9. The average molecular weight is 456 g/mol. The summed E-state index contributed by atoms with van der Waals surface area (Å²) in [5.74, 6) is -0.494. The molecule has 0 saturated carbocycles. The first-order chi connectivity index (χ1) is 15.8. The Morgan fingerprint density at radius 2 is 1.64 bits per heavy atom. The number of aryl methyl sites for hydroxylation is 1. The van der Waals surface area contributed by atoms with E-state index in [0.717, 1.165) is 11.1 Å². The number of hydrogen-bond acceptors (Lipinski definition) is 6. The maximum atomic E-state index is 13.8. The van der Waals surface area contributed by atoms with E-state index >= 15 is 0 Å². The quantitative estimate of drug-likeness (QED) is 0.650. The third-order valence-electron chi connectivity index (χ3n) is 6.52. The normalized spacial score (nSPS) is 24.7. The van der Waals surface area contributed by atoms with E-state index in [9.17, 15) is 14.4 Å². The van der Waals surface area contributed by atoms with Crippen LogP contribution in [0.25, 0.3) is 5.57 Å². The molecule has 0 spiro atoms. The minimum Gasteiger partial charge on any atom is -0.450 e. The summed E-state index contributed by atoms with van der Waals surface area (Å²) in [6, 6.07) is 7.50. The fourth-order valence-corrected chi connectivity index (χ4v) is 5.02. The first-order valence-electron chi connectivity index (χ1n) is 11.8. The fraction of sp³-hybridized carbons (Fsp3) is 0.560. The van der Waals surface area contributed by atoms with Gasteiger partial charge in [0.2, 0.25) is 0 Å². The van der Waals surface area contributed by atoms with Crippen molar-refractivity contribution in [2.75, 3.05) is 32.8 Å². The third-order valence-corrected chi connectivity index (χ3v) is 6.52. The molecule has 1 aromatic carbocycles. The third kappa shape index (κ3) is 4.62. The Balaban J connectivity index is 1.63. The zero-order chi connectivity index (χ0) is 23.7. The molecule has 0 bridgehead atoms. The lowest BCUT2D eigenvalue weighted by molar-refractivity contribution is -0.141. The largest absolute Gasteiger partial charge is 0.450 e. The molecule has 1 aromatic rings. The summed E-state index contributed by atoms with van der Waals surface area (Å²) >= 11 is 0. The molecule has 0 N–H and O–H groups in total. The zero-order valence-corrected chi connectivity index (χ0v) is 19.9. The van der Waals surface area contributed by atoms with Crippen LogP contribution in [0.1, 0.15) is 44.7 Å². The predicted molar refractivity (Wildman–Crippen MR) is 123 cm³/mol. The van der Waals surface area contributed by atoms with Gasteiger partial charge in [-0.2, -0.15) is 0 Å². The number of hydrogen-bond donors (Lipinski definition) is 0. The molecule has 3 heterocycles. The number of imide groups is 1. The molecule has 8 heteroatoms. The Kier molecular flexibility index (Phi) is 6.74. The van der Waals surface area contributed by atoms with Crippen LogP contribution in [-0.4, -0.2) is 83.6 Å². The van der Waals surface area contributed by atoms with Crippen molar-refractivity contribution in [3.05, 3.63) is 41.1 Å². The van der Waals surface area contributed by atoms with Crippen LogP contribution in [0, 0.1) is 6.92 Å².